The van der Waals surface area contributed by atoms with Crippen molar-refractivity contribution >= 4 is 34.2 Å². The van der Waals surface area contributed by atoms with Crippen molar-refractivity contribution in [1.29, 1.82) is 0 Å². The number of aryl methyl sites for hydroxylation is 1. The molecule has 5 heteroatoms. The van der Waals surface area contributed by atoms with Gasteiger partial charge in [0.1, 0.15) is 6.61 Å². The monoisotopic (exact) mass is 487 g/mol. The molecule has 0 heterocycles. The maximum atomic E-state index is 12.6. The summed E-state index contributed by atoms with van der Waals surface area (Å²) in [7, 11) is 0. The van der Waals surface area contributed by atoms with Gasteiger partial charge in [0, 0.05) is 14.8 Å². The van der Waals surface area contributed by atoms with E-state index >= 15 is 0 Å². The van der Waals surface area contributed by atoms with Gasteiger partial charge in [-0.3, -0.25) is 4.79 Å². The highest BCUT2D eigenvalue weighted by molar-refractivity contribution is 14.1. The van der Waals surface area contributed by atoms with Crippen LogP contribution < -0.4 is 14.8 Å². The molecule has 0 aliphatic carbocycles. The molecule has 0 fully saturated rings. The molecule has 0 unspecified atom stereocenters. The van der Waals surface area contributed by atoms with Crippen LogP contribution in [0.4, 0.5) is 5.69 Å². The number of amides is 1. The van der Waals surface area contributed by atoms with E-state index < -0.39 is 0 Å². The molecule has 0 atom stereocenters. The average Bonchev–Trinajstić information content (AvgIpc) is 2.70. The molecule has 3 aromatic rings. The van der Waals surface area contributed by atoms with Crippen molar-refractivity contribution < 1.29 is 14.3 Å². The normalized spacial score (nSPS) is 10.4. The molecule has 4 nitrogen and oxygen atoms in total. The number of carbonyl (C=O) groups excluding carboxylic acids is 1. The third-order valence-electron chi connectivity index (χ3n) is 4.12. The van der Waals surface area contributed by atoms with Gasteiger partial charge in [0.2, 0.25) is 0 Å². The highest BCUT2D eigenvalue weighted by Gasteiger charge is 2.12. The summed E-state index contributed by atoms with van der Waals surface area (Å²) < 4.78 is 12.7. The summed E-state index contributed by atoms with van der Waals surface area (Å²) in [4.78, 5) is 12.6. The number of hydrogen-bond acceptors (Lipinski definition) is 3. The van der Waals surface area contributed by atoms with Gasteiger partial charge in [0.05, 0.1) is 6.61 Å². The van der Waals surface area contributed by atoms with E-state index in [0.717, 1.165) is 14.8 Å². The smallest absolute Gasteiger partial charge is 0.255 e. The zero-order valence-electron chi connectivity index (χ0n) is 15.9. The number of anilines is 1. The van der Waals surface area contributed by atoms with Crippen LogP contribution in [0.2, 0.25) is 0 Å². The summed E-state index contributed by atoms with van der Waals surface area (Å²) in [6.45, 7) is 4.89. The van der Waals surface area contributed by atoms with Gasteiger partial charge in [0.15, 0.2) is 11.5 Å². The highest BCUT2D eigenvalue weighted by atomic mass is 127. The standard InChI is InChI=1S/C23H22INO3/c1-3-27-22-14-18(23(26)25-20-11-9-19(24)10-12-20)8-13-21(22)28-15-17-6-4-16(2)5-7-17/h4-14H,3,15H2,1-2H3,(H,25,26). The number of hydrogen-bond donors (Lipinski definition) is 1. The Hall–Kier alpha value is -2.54. The first-order valence-corrected chi connectivity index (χ1v) is 10.1. The zero-order chi connectivity index (χ0) is 19.9. The van der Waals surface area contributed by atoms with E-state index in [1.807, 2.05) is 43.3 Å². The van der Waals surface area contributed by atoms with Gasteiger partial charge in [-0.2, -0.15) is 0 Å². The summed E-state index contributed by atoms with van der Waals surface area (Å²) in [5.41, 5.74) is 3.56. The lowest BCUT2D eigenvalue weighted by molar-refractivity contribution is 0.102. The van der Waals surface area contributed by atoms with Crippen LogP contribution in [-0.2, 0) is 6.61 Å². The second kappa shape index (κ2) is 9.59. The average molecular weight is 487 g/mol. The van der Waals surface area contributed by atoms with E-state index in [1.165, 1.54) is 5.56 Å². The van der Waals surface area contributed by atoms with E-state index in [9.17, 15) is 4.79 Å². The minimum Gasteiger partial charge on any atom is -0.490 e. The molecule has 0 spiro atoms. The Kier molecular flexibility index (Phi) is 6.92. The van der Waals surface area contributed by atoms with Crippen molar-refractivity contribution in [3.8, 4) is 11.5 Å². The molecule has 0 radical (unpaired) electrons. The van der Waals surface area contributed by atoms with Gasteiger partial charge in [-0.1, -0.05) is 29.8 Å². The summed E-state index contributed by atoms with van der Waals surface area (Å²) in [5, 5.41) is 2.90. The molecular weight excluding hydrogens is 465 g/mol. The van der Waals surface area contributed by atoms with E-state index in [1.54, 1.807) is 18.2 Å². The molecular formula is C23H22INO3. The van der Waals surface area contributed by atoms with E-state index in [0.29, 0.717) is 30.3 Å². The van der Waals surface area contributed by atoms with Crippen LogP contribution >= 0.6 is 22.6 Å². The third-order valence-corrected chi connectivity index (χ3v) is 4.84. The SMILES string of the molecule is CCOc1cc(C(=O)Nc2ccc(I)cc2)ccc1OCc1ccc(C)cc1. The largest absolute Gasteiger partial charge is 0.490 e. The number of rotatable bonds is 7. The first kappa shape index (κ1) is 20.2. The lowest BCUT2D eigenvalue weighted by Crippen LogP contribution is -2.12. The molecule has 28 heavy (non-hydrogen) atoms. The minimum absolute atomic E-state index is 0.188. The van der Waals surface area contributed by atoms with Gasteiger partial charge in [0.25, 0.3) is 5.91 Å². The van der Waals surface area contributed by atoms with Crippen LogP contribution in [0.3, 0.4) is 0 Å². The lowest BCUT2D eigenvalue weighted by atomic mass is 10.1. The second-order valence-corrected chi connectivity index (χ2v) is 7.58. The highest BCUT2D eigenvalue weighted by Crippen LogP contribution is 2.29. The Morgan fingerprint density at radius 1 is 0.929 bits per heavy atom. The van der Waals surface area contributed by atoms with Crippen molar-refractivity contribution in [2.75, 3.05) is 11.9 Å². The molecule has 0 saturated carbocycles. The van der Waals surface area contributed by atoms with Crippen LogP contribution in [0, 0.1) is 10.5 Å². The molecule has 0 aliphatic heterocycles. The Morgan fingerprint density at radius 3 is 2.32 bits per heavy atom. The molecule has 0 aliphatic rings. The number of carbonyl (C=O) groups is 1. The van der Waals surface area contributed by atoms with Crippen LogP contribution in [0.25, 0.3) is 0 Å². The van der Waals surface area contributed by atoms with Crippen LogP contribution in [0.5, 0.6) is 11.5 Å². The molecule has 3 rings (SSSR count). The number of halogens is 1. The van der Waals surface area contributed by atoms with Crippen molar-refractivity contribution in [2.45, 2.75) is 20.5 Å². The van der Waals surface area contributed by atoms with E-state index in [2.05, 4.69) is 47.0 Å². The first-order chi connectivity index (χ1) is 13.5. The van der Waals surface area contributed by atoms with Crippen molar-refractivity contribution in [1.82, 2.24) is 0 Å². The topological polar surface area (TPSA) is 47.6 Å². The summed E-state index contributed by atoms with van der Waals surface area (Å²) in [5.74, 6) is 0.991. The summed E-state index contributed by atoms with van der Waals surface area (Å²) >= 11 is 2.23. The quantitative estimate of drug-likeness (QED) is 0.427. The maximum absolute atomic E-state index is 12.6. The zero-order valence-corrected chi connectivity index (χ0v) is 18.0. The predicted molar refractivity (Wildman–Crippen MR) is 120 cm³/mol. The summed E-state index contributed by atoms with van der Waals surface area (Å²) in [6.07, 6.45) is 0. The van der Waals surface area contributed by atoms with Crippen LogP contribution in [-0.4, -0.2) is 12.5 Å². The van der Waals surface area contributed by atoms with E-state index in [-0.39, 0.29) is 5.91 Å². The van der Waals surface area contributed by atoms with Gasteiger partial charge < -0.3 is 14.8 Å². The maximum Gasteiger partial charge on any atom is 0.255 e. The number of nitrogens with one attached hydrogen (secondary N) is 1. The van der Waals surface area contributed by atoms with Crippen molar-refractivity contribution in [3.05, 3.63) is 87.0 Å². The van der Waals surface area contributed by atoms with Crippen LogP contribution in [0.15, 0.2) is 66.7 Å². The summed E-state index contributed by atoms with van der Waals surface area (Å²) in [6, 6.07) is 21.1. The molecule has 3 aromatic carbocycles. The van der Waals surface area contributed by atoms with Gasteiger partial charge >= 0.3 is 0 Å². The Balaban J connectivity index is 1.73. The van der Waals surface area contributed by atoms with Crippen LogP contribution in [0.1, 0.15) is 28.4 Å². The Bertz CT molecular complexity index is 937. The second-order valence-electron chi connectivity index (χ2n) is 6.33. The predicted octanol–water partition coefficient (Wildman–Crippen LogP) is 5.83. The number of benzene rings is 3. The molecule has 0 aromatic heterocycles. The molecule has 1 amide bonds. The minimum atomic E-state index is -0.188. The Morgan fingerprint density at radius 2 is 1.64 bits per heavy atom. The molecule has 0 bridgehead atoms. The van der Waals surface area contributed by atoms with Crippen molar-refractivity contribution in [2.24, 2.45) is 0 Å². The fourth-order valence-corrected chi connectivity index (χ4v) is 2.98. The van der Waals surface area contributed by atoms with Gasteiger partial charge in [-0.05, 0) is 84.5 Å². The fraction of sp³-hybridized carbons (Fsp3) is 0.174. The van der Waals surface area contributed by atoms with Gasteiger partial charge in [-0.15, -0.1) is 0 Å². The van der Waals surface area contributed by atoms with E-state index in [4.69, 9.17) is 9.47 Å². The molecule has 144 valence electrons. The van der Waals surface area contributed by atoms with Crippen molar-refractivity contribution in [3.63, 3.8) is 0 Å². The van der Waals surface area contributed by atoms with Gasteiger partial charge in [-0.25, -0.2) is 0 Å². The third kappa shape index (κ3) is 5.48. The number of ether oxygens (including phenoxy) is 2. The fourth-order valence-electron chi connectivity index (χ4n) is 2.62. The lowest BCUT2D eigenvalue weighted by Gasteiger charge is -2.14. The molecule has 1 N–H and O–H groups in total. The first-order valence-electron chi connectivity index (χ1n) is 9.07. The Labute approximate surface area is 179 Å². The molecule has 0 saturated heterocycles.